The maximum Gasteiger partial charge on any atom is 0.260 e. The molecule has 3 fully saturated rings. The van der Waals surface area contributed by atoms with Gasteiger partial charge >= 0.3 is 0 Å². The fraction of sp³-hybridized carbons (Fsp3) is 0.282. The predicted octanol–water partition coefficient (Wildman–Crippen LogP) is 6.26. The van der Waals surface area contributed by atoms with Crippen LogP contribution < -0.4 is 5.43 Å². The number of imide groups is 2. The number of nitrogens with one attached hydrogen (secondary N) is 1. The van der Waals surface area contributed by atoms with Crippen molar-refractivity contribution in [2.45, 2.75) is 44.6 Å². The van der Waals surface area contributed by atoms with Crippen LogP contribution >= 0.6 is 11.3 Å². The Labute approximate surface area is 282 Å². The molecule has 242 valence electrons. The van der Waals surface area contributed by atoms with Gasteiger partial charge in [-0.15, -0.1) is 11.3 Å². The second-order valence-electron chi connectivity index (χ2n) is 13.4. The number of hydrazine groups is 1. The molecule has 4 aliphatic rings. The summed E-state index contributed by atoms with van der Waals surface area (Å²) in [5.41, 5.74) is 6.00. The van der Waals surface area contributed by atoms with Gasteiger partial charge in [-0.25, -0.2) is 0 Å². The summed E-state index contributed by atoms with van der Waals surface area (Å²) in [6.45, 7) is 3.99. The summed E-state index contributed by atoms with van der Waals surface area (Å²) in [7, 11) is 0. The first-order chi connectivity index (χ1) is 23.2. The number of aromatic hydroxyl groups is 1. The number of hydrogen-bond donors (Lipinski definition) is 2. The fourth-order valence-electron chi connectivity index (χ4n) is 8.79. The van der Waals surface area contributed by atoms with Gasteiger partial charge < -0.3 is 5.11 Å². The lowest BCUT2D eigenvalue weighted by Gasteiger charge is -2.50. The van der Waals surface area contributed by atoms with Crippen LogP contribution in [0.3, 0.4) is 0 Å². The molecule has 2 aliphatic heterocycles. The Hall–Kier alpha value is -5.02. The van der Waals surface area contributed by atoms with Gasteiger partial charge in [-0.3, -0.25) is 29.5 Å². The molecular weight excluding hydrogens is 623 g/mol. The highest BCUT2D eigenvalue weighted by Gasteiger charge is 2.70. The van der Waals surface area contributed by atoms with Gasteiger partial charge in [0.25, 0.3) is 11.8 Å². The van der Waals surface area contributed by atoms with E-state index >= 15 is 4.79 Å². The van der Waals surface area contributed by atoms with Crippen molar-refractivity contribution in [2.24, 2.45) is 23.7 Å². The van der Waals surface area contributed by atoms with Crippen molar-refractivity contribution < 1.29 is 24.3 Å². The molecule has 1 saturated carbocycles. The summed E-state index contributed by atoms with van der Waals surface area (Å²) in [5.74, 6) is -4.50. The number of allylic oxidation sites excluding steroid dienone is 2. The van der Waals surface area contributed by atoms with Gasteiger partial charge in [0, 0.05) is 16.4 Å². The van der Waals surface area contributed by atoms with Crippen LogP contribution in [0.25, 0.3) is 0 Å². The number of thiophene rings is 1. The first-order valence-corrected chi connectivity index (χ1v) is 17.2. The number of rotatable bonds is 6. The highest BCUT2D eigenvalue weighted by molar-refractivity contribution is 7.09. The molecule has 6 atom stereocenters. The van der Waals surface area contributed by atoms with Crippen LogP contribution in [0.2, 0.25) is 0 Å². The van der Waals surface area contributed by atoms with E-state index in [1.165, 1.54) is 16.2 Å². The molecule has 0 unspecified atom stereocenters. The number of aryl methyl sites for hydroxylation is 2. The highest BCUT2D eigenvalue weighted by atomic mass is 32.1. The average molecular weight is 658 g/mol. The number of likely N-dealkylation sites (tertiary alicyclic amines) is 1. The Morgan fingerprint density at radius 3 is 2.35 bits per heavy atom. The van der Waals surface area contributed by atoms with Crippen molar-refractivity contribution in [3.8, 4) is 5.75 Å². The van der Waals surface area contributed by atoms with Crippen LogP contribution in [-0.4, -0.2) is 38.6 Å². The molecule has 8 nitrogen and oxygen atoms in total. The predicted molar refractivity (Wildman–Crippen MR) is 182 cm³/mol. The number of para-hydroxylation sites is 1. The Kier molecular flexibility index (Phi) is 7.14. The Balaban J connectivity index is 1.31. The average Bonchev–Trinajstić information content (AvgIpc) is 3.76. The topological polar surface area (TPSA) is 107 Å². The lowest BCUT2D eigenvalue weighted by atomic mass is 9.49. The molecule has 4 aromatic rings. The molecular formula is C39H35N3O5S. The molecule has 48 heavy (non-hydrogen) atoms. The third-order valence-corrected chi connectivity index (χ3v) is 11.8. The van der Waals surface area contributed by atoms with Gasteiger partial charge in [0.2, 0.25) is 11.8 Å². The zero-order chi connectivity index (χ0) is 33.3. The number of fused-ring (bicyclic) bond motifs is 4. The molecule has 3 heterocycles. The molecule has 3 aromatic carbocycles. The number of hydrogen-bond acceptors (Lipinski definition) is 7. The summed E-state index contributed by atoms with van der Waals surface area (Å²) in [4.78, 5) is 60.3. The molecule has 0 spiro atoms. The maximum atomic E-state index is 15.2. The van der Waals surface area contributed by atoms with Crippen LogP contribution in [0.4, 0.5) is 5.69 Å². The molecule has 0 bridgehead atoms. The number of benzene rings is 3. The van der Waals surface area contributed by atoms with Crippen LogP contribution in [0.5, 0.6) is 5.75 Å². The quantitative estimate of drug-likeness (QED) is 0.187. The molecule has 2 N–H and O–H groups in total. The van der Waals surface area contributed by atoms with E-state index in [1.807, 2.05) is 110 Å². The van der Waals surface area contributed by atoms with E-state index in [2.05, 4.69) is 5.43 Å². The summed E-state index contributed by atoms with van der Waals surface area (Å²) in [6.07, 6.45) is 2.58. The van der Waals surface area contributed by atoms with Gasteiger partial charge in [-0.1, -0.05) is 83.9 Å². The lowest BCUT2D eigenvalue weighted by Crippen LogP contribution is -2.53. The van der Waals surface area contributed by atoms with E-state index < -0.39 is 46.8 Å². The number of carbonyl (C=O) groups is 4. The summed E-state index contributed by atoms with van der Waals surface area (Å²) in [6, 6.07) is 26.1. The van der Waals surface area contributed by atoms with Crippen molar-refractivity contribution >= 4 is 40.7 Å². The van der Waals surface area contributed by atoms with Crippen molar-refractivity contribution in [1.29, 1.82) is 0 Å². The number of phenolic OH excluding ortho intramolecular Hbond substituents is 1. The zero-order valence-corrected chi connectivity index (χ0v) is 27.4. The van der Waals surface area contributed by atoms with Gasteiger partial charge in [0.1, 0.15) is 5.75 Å². The van der Waals surface area contributed by atoms with Crippen molar-refractivity contribution in [2.75, 3.05) is 5.43 Å². The van der Waals surface area contributed by atoms with Crippen LogP contribution in [0.1, 0.15) is 45.9 Å². The molecule has 2 saturated heterocycles. The smallest absolute Gasteiger partial charge is 0.260 e. The zero-order valence-electron chi connectivity index (χ0n) is 26.6. The lowest BCUT2D eigenvalue weighted by molar-refractivity contribution is -0.141. The van der Waals surface area contributed by atoms with Crippen molar-refractivity contribution in [1.82, 2.24) is 9.91 Å². The van der Waals surface area contributed by atoms with Crippen molar-refractivity contribution in [3.05, 3.63) is 129 Å². The number of carbonyl (C=O) groups excluding carboxylic acids is 4. The van der Waals surface area contributed by atoms with E-state index in [0.717, 1.165) is 21.0 Å². The molecule has 9 heteroatoms. The second-order valence-corrected chi connectivity index (χ2v) is 14.5. The summed E-state index contributed by atoms with van der Waals surface area (Å²) >= 11 is 1.50. The Morgan fingerprint density at radius 2 is 1.62 bits per heavy atom. The summed E-state index contributed by atoms with van der Waals surface area (Å²) < 4.78 is 0. The third kappa shape index (κ3) is 4.33. The van der Waals surface area contributed by atoms with E-state index in [1.54, 1.807) is 0 Å². The minimum atomic E-state index is -1.42. The van der Waals surface area contributed by atoms with Gasteiger partial charge in [0.15, 0.2) is 0 Å². The normalized spacial score (nSPS) is 27.9. The van der Waals surface area contributed by atoms with E-state index in [9.17, 15) is 19.5 Å². The first kappa shape index (κ1) is 30.3. The SMILES string of the molecule is Cc1ccc(NN2C(=O)[C@@H]3C[C@@H]4C(=CC[C@@H]5C(=O)N(Cc6cccs6)C(=O)[C@@H]54)[C@H](c4cccc(C)c4O)[C@]3(c3ccccc3)C2=O)cc1. The van der Waals surface area contributed by atoms with Crippen LogP contribution in [0.15, 0.2) is 102 Å². The highest BCUT2D eigenvalue weighted by Crippen LogP contribution is 2.65. The monoisotopic (exact) mass is 657 g/mol. The van der Waals surface area contributed by atoms with E-state index in [-0.39, 0.29) is 30.5 Å². The minimum absolute atomic E-state index is 0.0542. The Morgan fingerprint density at radius 1 is 0.854 bits per heavy atom. The standard InChI is InChI=1S/C39H35N3O5S/c1-22-13-15-25(16-14-22)40-42-36(45)31-20-30-27(17-18-28-32(30)37(46)41(35(28)44)21-26-11-7-19-48-26)33(29-12-6-8-23(2)34(29)43)39(31,38(42)47)24-9-4-3-5-10-24/h3-17,19,28,30-33,40,43H,18,20-21H2,1-2H3/t28-,30+,31-,32-,33+,39+/m0/s1. The third-order valence-electron chi connectivity index (χ3n) is 11.0. The van der Waals surface area contributed by atoms with E-state index in [0.29, 0.717) is 28.8 Å². The minimum Gasteiger partial charge on any atom is -0.507 e. The first-order valence-electron chi connectivity index (χ1n) is 16.3. The summed E-state index contributed by atoms with van der Waals surface area (Å²) in [5, 5.41) is 14.8. The number of amides is 4. The molecule has 1 aromatic heterocycles. The van der Waals surface area contributed by atoms with Gasteiger partial charge in [-0.05, 0) is 67.3 Å². The van der Waals surface area contributed by atoms with Crippen LogP contribution in [0, 0.1) is 37.5 Å². The van der Waals surface area contributed by atoms with E-state index in [4.69, 9.17) is 0 Å². The second kappa shape index (κ2) is 11.3. The number of nitrogens with zero attached hydrogens (tertiary/aromatic N) is 2. The number of anilines is 1. The number of phenols is 1. The molecule has 2 aliphatic carbocycles. The van der Waals surface area contributed by atoms with Gasteiger partial charge in [0.05, 0.1) is 35.4 Å². The van der Waals surface area contributed by atoms with Gasteiger partial charge in [-0.2, -0.15) is 5.01 Å². The Bertz CT molecular complexity index is 1990. The largest absolute Gasteiger partial charge is 0.507 e. The molecule has 4 amide bonds. The molecule has 8 rings (SSSR count). The molecule has 0 radical (unpaired) electrons. The fourth-order valence-corrected chi connectivity index (χ4v) is 9.48. The maximum absolute atomic E-state index is 15.2. The van der Waals surface area contributed by atoms with Crippen molar-refractivity contribution in [3.63, 3.8) is 0 Å². The van der Waals surface area contributed by atoms with Crippen LogP contribution in [-0.2, 0) is 31.1 Å².